The van der Waals surface area contributed by atoms with Crippen molar-refractivity contribution in [2.45, 2.75) is 226 Å². The predicted molar refractivity (Wildman–Crippen MR) is 531 cm³/mol. The zero-order valence-corrected chi connectivity index (χ0v) is 85.8. The standard InChI is InChI=1S/C30H36BrNO5S.C30H35NO5S.C23H31NO5S.C22H29NO3/c1-19-13-15-22(16-14-19)26-20(2)17-25(21(3)27(26)28(29(33)36-7)37-30(4,5)6)32(38(8,34)35)18-23-11-9-10-12-24(23)31;1-18-13-15-21(16-14-18)24-19(2)25-23-12-10-9-11-22(23)17-31(37(8,33)34)27(25)20(3)26(24)28(29(32)35-7)36-30(4,5)6;1-14-9-11-17(12-10-14)19-15(2)13-18(24-30(8,26)27)16(3)20(19)21(22(25)28-7)29-23(4,5)6;1-13-8-10-16(11-9-13)18-14(2)12-17(23)15(3)19(18)20(21(24)25-7)26-22(4,5)6/h9-17,28H,18H2,1-8H3;9-16,28H,17H2,1-8H3;9-13,21,24H,1-8H3;8-12,20H,23H2,1-7H3/t2*28-;21-;20-/m0000/s1. The van der Waals surface area contributed by atoms with Crippen molar-refractivity contribution in [3.05, 3.63) is 268 Å². The third kappa shape index (κ3) is 26.7. The number of hydrogen-bond donors (Lipinski definition) is 2. The zero-order valence-electron chi connectivity index (χ0n) is 81.7. The quantitative estimate of drug-likeness (QED) is 0.0342. The lowest BCUT2D eigenvalue weighted by Gasteiger charge is -2.37. The van der Waals surface area contributed by atoms with Crippen LogP contribution < -0.4 is 19.1 Å². The molecular formula is C105H131BrN4O18S3. The van der Waals surface area contributed by atoms with E-state index in [1.54, 1.807) is 13.0 Å². The minimum absolute atomic E-state index is 0.118. The molecule has 131 heavy (non-hydrogen) atoms. The number of hydrogen-bond acceptors (Lipinski definition) is 19. The summed E-state index contributed by atoms with van der Waals surface area (Å²) in [5.41, 5.74) is 30.0. The number of nitrogen functional groups attached to an aromatic ring is 1. The lowest BCUT2D eigenvalue weighted by atomic mass is 9.80. The predicted octanol–water partition coefficient (Wildman–Crippen LogP) is 22.9. The van der Waals surface area contributed by atoms with Crippen LogP contribution in [0.2, 0.25) is 0 Å². The fourth-order valence-corrected chi connectivity index (χ4v) is 19.0. The van der Waals surface area contributed by atoms with Gasteiger partial charge in [-0.05, 0) is 296 Å². The van der Waals surface area contributed by atoms with Crippen LogP contribution >= 0.6 is 15.9 Å². The second-order valence-electron chi connectivity index (χ2n) is 37.4. The van der Waals surface area contributed by atoms with Crippen LogP contribution in [-0.2, 0) is 100 Å². The van der Waals surface area contributed by atoms with Crippen molar-refractivity contribution in [3.63, 3.8) is 0 Å². The van der Waals surface area contributed by atoms with Gasteiger partial charge in [0.2, 0.25) is 30.1 Å². The van der Waals surface area contributed by atoms with Crippen LogP contribution in [0.15, 0.2) is 168 Å². The van der Waals surface area contributed by atoms with Crippen LogP contribution in [0.5, 0.6) is 0 Å². The van der Waals surface area contributed by atoms with Crippen LogP contribution in [0.4, 0.5) is 22.7 Å². The van der Waals surface area contributed by atoms with Crippen molar-refractivity contribution in [1.82, 2.24) is 0 Å². The van der Waals surface area contributed by atoms with Gasteiger partial charge in [0, 0.05) is 38.0 Å². The molecule has 0 bridgehead atoms. The third-order valence-corrected chi connectivity index (χ3v) is 25.6. The fourth-order valence-electron chi connectivity index (χ4n) is 16.1. The number of anilines is 4. The number of esters is 4. The Labute approximate surface area is 785 Å². The highest BCUT2D eigenvalue weighted by atomic mass is 79.9. The van der Waals surface area contributed by atoms with E-state index in [0.717, 1.165) is 128 Å². The fraction of sp³-hybridized carbons (Fsp3) is 0.390. The van der Waals surface area contributed by atoms with Crippen molar-refractivity contribution in [3.8, 4) is 55.6 Å². The molecule has 0 saturated carbocycles. The van der Waals surface area contributed by atoms with Crippen molar-refractivity contribution >= 4 is 92.6 Å². The number of nitrogens with zero attached hydrogens (tertiary/aromatic N) is 2. The van der Waals surface area contributed by atoms with Gasteiger partial charge in [-0.1, -0.05) is 178 Å². The van der Waals surface area contributed by atoms with Gasteiger partial charge in [0.1, 0.15) is 0 Å². The van der Waals surface area contributed by atoms with E-state index in [4.69, 9.17) is 43.6 Å². The molecule has 0 saturated heterocycles. The molecule has 0 aromatic heterocycles. The van der Waals surface area contributed by atoms with E-state index in [1.165, 1.54) is 55.1 Å². The summed E-state index contributed by atoms with van der Waals surface area (Å²) in [5, 5.41) is 0. The highest BCUT2D eigenvalue weighted by Gasteiger charge is 2.42. The summed E-state index contributed by atoms with van der Waals surface area (Å²) in [4.78, 5) is 51.9. The Morgan fingerprint density at radius 2 is 0.740 bits per heavy atom. The number of benzene rings is 10. The van der Waals surface area contributed by atoms with Gasteiger partial charge < -0.3 is 43.6 Å². The second kappa shape index (κ2) is 42.6. The Kier molecular flexibility index (Phi) is 34.4. The maximum absolute atomic E-state index is 13.3. The van der Waals surface area contributed by atoms with Crippen molar-refractivity contribution < 1.29 is 82.3 Å². The lowest BCUT2D eigenvalue weighted by molar-refractivity contribution is -0.164. The molecule has 0 spiro atoms. The van der Waals surface area contributed by atoms with Gasteiger partial charge >= 0.3 is 23.9 Å². The molecule has 0 aliphatic carbocycles. The number of nitrogens with one attached hydrogen (secondary N) is 1. The number of nitrogens with two attached hydrogens (primary N) is 1. The van der Waals surface area contributed by atoms with E-state index in [9.17, 15) is 44.4 Å². The van der Waals surface area contributed by atoms with E-state index in [2.05, 4.69) is 44.9 Å². The van der Waals surface area contributed by atoms with Gasteiger partial charge in [-0.3, -0.25) is 13.3 Å². The van der Waals surface area contributed by atoms with Crippen LogP contribution in [0.25, 0.3) is 55.6 Å². The molecule has 0 radical (unpaired) electrons. The number of fused-ring (bicyclic) bond motifs is 3. The monoisotopic (exact) mass is 1910 g/mol. The number of ether oxygens (including phenoxy) is 8. The molecule has 1 heterocycles. The van der Waals surface area contributed by atoms with Crippen LogP contribution in [0, 0.1) is 83.1 Å². The summed E-state index contributed by atoms with van der Waals surface area (Å²) >= 11 is 3.54. The topological polar surface area (TPSA) is 289 Å². The van der Waals surface area contributed by atoms with E-state index in [1.807, 2.05) is 293 Å². The van der Waals surface area contributed by atoms with E-state index in [-0.39, 0.29) is 13.1 Å². The number of carbonyl (C=O) groups is 4. The van der Waals surface area contributed by atoms with E-state index < -0.39 is 101 Å². The smallest absolute Gasteiger partial charge is 0.339 e. The van der Waals surface area contributed by atoms with Crippen molar-refractivity contribution in [2.24, 2.45) is 0 Å². The lowest BCUT2D eigenvalue weighted by Crippen LogP contribution is -2.35. The number of carbonyl (C=O) groups excluding carboxylic acids is 4. The SMILES string of the molecule is COC(=O)[C@@H](OC(C)(C)C)c1c(C)c(N(Cc2ccccc2Br)S(C)(=O)=O)cc(C)c1-c1ccc(C)cc1.COC(=O)[C@@H](OC(C)(C)C)c1c(C)c(N)cc(C)c1-c1ccc(C)cc1.COC(=O)[C@@H](OC(C)(C)C)c1c(C)c(NS(C)(=O)=O)cc(C)c1-c1ccc(C)cc1.COC(=O)[C@@H](OC(C)(C)C)c1c(C)c2c(c(C)c1-c1ccc(C)cc1)-c1ccccc1CN2S(C)(=O)=O. The molecular weight excluding hydrogens is 1780 g/mol. The number of methoxy groups -OCH3 is 4. The van der Waals surface area contributed by atoms with Gasteiger partial charge in [-0.15, -0.1) is 0 Å². The first kappa shape index (κ1) is 106. The molecule has 11 rings (SSSR count). The first-order chi connectivity index (χ1) is 60.7. The molecule has 22 nitrogen and oxygen atoms in total. The molecule has 4 atom stereocenters. The molecule has 704 valence electrons. The zero-order chi connectivity index (χ0) is 98.2. The average molecular weight is 1910 g/mol. The highest BCUT2D eigenvalue weighted by Crippen LogP contribution is 2.53. The number of sulfonamides is 3. The Balaban J connectivity index is 0.000000218. The molecule has 1 aliphatic rings. The largest absolute Gasteiger partial charge is 0.467 e. The molecule has 0 fully saturated rings. The third-order valence-electron chi connectivity index (χ3n) is 22.0. The van der Waals surface area contributed by atoms with Crippen molar-refractivity contribution in [2.75, 3.05) is 66.3 Å². The Morgan fingerprint density at radius 3 is 1.09 bits per heavy atom. The van der Waals surface area contributed by atoms with Gasteiger partial charge in [0.05, 0.1) is 99.8 Å². The minimum atomic E-state index is -3.70. The first-order valence-corrected chi connectivity index (χ1v) is 49.4. The second-order valence-corrected chi connectivity index (χ2v) is 43.8. The number of aryl methyl sites for hydroxylation is 7. The van der Waals surface area contributed by atoms with Gasteiger partial charge in [-0.2, -0.15) is 0 Å². The van der Waals surface area contributed by atoms with Gasteiger partial charge in [0.25, 0.3) is 0 Å². The van der Waals surface area contributed by atoms with E-state index in [0.29, 0.717) is 56.1 Å². The molecule has 10 aromatic carbocycles. The summed E-state index contributed by atoms with van der Waals surface area (Å²) < 4.78 is 128. The van der Waals surface area contributed by atoms with Crippen LogP contribution in [0.3, 0.4) is 0 Å². The Morgan fingerprint density at radius 1 is 0.412 bits per heavy atom. The molecule has 1 aliphatic heterocycles. The van der Waals surface area contributed by atoms with Crippen LogP contribution in [0.1, 0.15) is 208 Å². The molecule has 26 heteroatoms. The molecule has 0 amide bonds. The molecule has 0 unspecified atom stereocenters. The van der Waals surface area contributed by atoms with E-state index >= 15 is 0 Å². The number of rotatable bonds is 23. The Bertz CT molecular complexity index is 6230. The molecule has 10 aromatic rings. The summed E-state index contributed by atoms with van der Waals surface area (Å²) in [5.74, 6) is -2.06. The summed E-state index contributed by atoms with van der Waals surface area (Å²) in [7, 11) is -5.49. The Hall–Kier alpha value is -10.6. The average Bonchev–Trinajstić information content (AvgIpc) is 0.706. The summed E-state index contributed by atoms with van der Waals surface area (Å²) in [6.45, 7) is 46.2. The summed E-state index contributed by atoms with van der Waals surface area (Å²) in [6, 6.07) is 53.3. The normalized spacial score (nSPS) is 13.2. The summed E-state index contributed by atoms with van der Waals surface area (Å²) in [6.07, 6.45) is -0.487. The van der Waals surface area contributed by atoms with Gasteiger partial charge in [0.15, 0.2) is 24.4 Å². The maximum Gasteiger partial charge on any atom is 0.339 e. The maximum atomic E-state index is 13.3. The van der Waals surface area contributed by atoms with Crippen LogP contribution in [-0.4, -0.2) is 119 Å². The number of halogens is 1. The molecule has 3 N–H and O–H groups in total. The van der Waals surface area contributed by atoms with Crippen molar-refractivity contribution in [1.29, 1.82) is 0 Å². The first-order valence-electron chi connectivity index (χ1n) is 43.1. The minimum Gasteiger partial charge on any atom is -0.467 e. The van der Waals surface area contributed by atoms with Gasteiger partial charge in [-0.25, -0.2) is 44.4 Å². The highest BCUT2D eigenvalue weighted by molar-refractivity contribution is 9.10.